The quantitative estimate of drug-likeness (QED) is 0.824. The maximum absolute atomic E-state index is 12.2. The molecular formula is C14H14N2O3. The Morgan fingerprint density at radius 2 is 2.26 bits per heavy atom. The first kappa shape index (κ1) is 12.0. The summed E-state index contributed by atoms with van der Waals surface area (Å²) < 4.78 is 6.43. The van der Waals surface area contributed by atoms with Crippen LogP contribution in [0, 0.1) is 5.92 Å². The zero-order chi connectivity index (χ0) is 13.2. The Labute approximate surface area is 109 Å². The lowest BCUT2D eigenvalue weighted by molar-refractivity contribution is -0.123. The topological polar surface area (TPSA) is 61.2 Å². The number of ketones is 1. The number of fused-ring (bicyclic) bond motifs is 1. The van der Waals surface area contributed by atoms with Crippen molar-refractivity contribution in [3.63, 3.8) is 0 Å². The number of nitrogens with zero attached hydrogens (tertiary/aromatic N) is 2. The number of carbonyl (C=O) groups is 1. The van der Waals surface area contributed by atoms with Gasteiger partial charge in [0.2, 0.25) is 0 Å². The molecule has 3 rings (SSSR count). The average molecular weight is 258 g/mol. The van der Waals surface area contributed by atoms with Gasteiger partial charge < -0.3 is 4.74 Å². The van der Waals surface area contributed by atoms with Crippen LogP contribution in [0.3, 0.4) is 0 Å². The highest BCUT2D eigenvalue weighted by Gasteiger charge is 2.24. The molecule has 0 aliphatic carbocycles. The molecule has 0 N–H and O–H groups in total. The Balaban J connectivity index is 1.91. The van der Waals surface area contributed by atoms with Gasteiger partial charge in [0.05, 0.1) is 18.2 Å². The molecule has 1 unspecified atom stereocenters. The predicted molar refractivity (Wildman–Crippen MR) is 69.9 cm³/mol. The number of hydrogen-bond acceptors (Lipinski definition) is 4. The first-order chi connectivity index (χ1) is 9.25. The number of ether oxygens (including phenoxy) is 1. The summed E-state index contributed by atoms with van der Waals surface area (Å²) in [6.07, 6.45) is 2.36. The zero-order valence-electron chi connectivity index (χ0n) is 10.4. The van der Waals surface area contributed by atoms with Crippen LogP contribution < -0.4 is 5.56 Å². The number of Topliss-reactive ketones (excluding diaryl/α,β-unsaturated/α-hetero) is 1. The van der Waals surface area contributed by atoms with Crippen LogP contribution in [-0.2, 0) is 16.1 Å². The van der Waals surface area contributed by atoms with Crippen molar-refractivity contribution >= 4 is 16.6 Å². The second kappa shape index (κ2) is 4.93. The molecule has 0 bridgehead atoms. The Morgan fingerprint density at radius 3 is 3.05 bits per heavy atom. The fourth-order valence-electron chi connectivity index (χ4n) is 2.31. The van der Waals surface area contributed by atoms with Gasteiger partial charge in [-0.15, -0.1) is 0 Å². The van der Waals surface area contributed by atoms with E-state index in [1.165, 1.54) is 4.68 Å². The fraction of sp³-hybridized carbons (Fsp3) is 0.357. The molecule has 1 saturated heterocycles. The van der Waals surface area contributed by atoms with Crippen LogP contribution in [0.4, 0.5) is 0 Å². The van der Waals surface area contributed by atoms with Gasteiger partial charge in [0, 0.05) is 17.9 Å². The number of aromatic nitrogens is 2. The SMILES string of the molecule is O=C(Cn1ncc2ccccc2c1=O)C1CCOC1. The van der Waals surface area contributed by atoms with Crippen LogP contribution in [0.1, 0.15) is 6.42 Å². The zero-order valence-corrected chi connectivity index (χ0v) is 10.4. The van der Waals surface area contributed by atoms with Gasteiger partial charge >= 0.3 is 0 Å². The predicted octanol–water partition coefficient (Wildman–Crippen LogP) is 1.00. The normalized spacial score (nSPS) is 18.8. The molecule has 1 atom stereocenters. The van der Waals surface area contributed by atoms with Crippen molar-refractivity contribution in [2.75, 3.05) is 13.2 Å². The lowest BCUT2D eigenvalue weighted by Crippen LogP contribution is -2.29. The van der Waals surface area contributed by atoms with Gasteiger partial charge in [-0.3, -0.25) is 9.59 Å². The minimum atomic E-state index is -0.217. The number of rotatable bonds is 3. The third-order valence-electron chi connectivity index (χ3n) is 3.45. The fourth-order valence-corrected chi connectivity index (χ4v) is 2.31. The molecule has 1 aromatic heterocycles. The van der Waals surface area contributed by atoms with E-state index in [0.29, 0.717) is 18.6 Å². The summed E-state index contributed by atoms with van der Waals surface area (Å²) in [6, 6.07) is 7.25. The maximum Gasteiger partial charge on any atom is 0.275 e. The Morgan fingerprint density at radius 1 is 1.42 bits per heavy atom. The van der Waals surface area contributed by atoms with Crippen LogP contribution >= 0.6 is 0 Å². The van der Waals surface area contributed by atoms with Crippen LogP contribution in [0.15, 0.2) is 35.3 Å². The van der Waals surface area contributed by atoms with E-state index in [4.69, 9.17) is 4.74 Å². The molecule has 1 aliphatic heterocycles. The van der Waals surface area contributed by atoms with Crippen molar-refractivity contribution in [1.29, 1.82) is 0 Å². The van der Waals surface area contributed by atoms with Gasteiger partial charge in [0.15, 0.2) is 5.78 Å². The van der Waals surface area contributed by atoms with Crippen LogP contribution in [0.25, 0.3) is 10.8 Å². The number of benzene rings is 1. The molecule has 1 fully saturated rings. The van der Waals surface area contributed by atoms with Crippen molar-refractivity contribution in [3.05, 3.63) is 40.8 Å². The van der Waals surface area contributed by atoms with Crippen LogP contribution in [-0.4, -0.2) is 28.8 Å². The average Bonchev–Trinajstić information content (AvgIpc) is 2.96. The summed E-state index contributed by atoms with van der Waals surface area (Å²) in [7, 11) is 0. The first-order valence-electron chi connectivity index (χ1n) is 6.31. The molecule has 98 valence electrons. The van der Waals surface area contributed by atoms with Gasteiger partial charge in [-0.25, -0.2) is 4.68 Å². The summed E-state index contributed by atoms with van der Waals surface area (Å²) in [6.45, 7) is 1.11. The Kier molecular flexibility index (Phi) is 3.13. The molecular weight excluding hydrogens is 244 g/mol. The minimum absolute atomic E-state index is 0.0161. The Hall–Kier alpha value is -2.01. The van der Waals surface area contributed by atoms with E-state index in [2.05, 4.69) is 5.10 Å². The molecule has 5 nitrogen and oxygen atoms in total. The highest BCUT2D eigenvalue weighted by Crippen LogP contribution is 2.14. The standard InChI is InChI=1S/C14H14N2O3/c17-13(11-5-6-19-9-11)8-16-14(18)12-4-2-1-3-10(12)7-15-16/h1-4,7,11H,5-6,8-9H2. The summed E-state index contributed by atoms with van der Waals surface area (Å²) in [4.78, 5) is 24.2. The molecule has 1 aromatic carbocycles. The number of hydrogen-bond donors (Lipinski definition) is 0. The highest BCUT2D eigenvalue weighted by atomic mass is 16.5. The van der Waals surface area contributed by atoms with E-state index in [-0.39, 0.29) is 23.8 Å². The molecule has 5 heteroatoms. The van der Waals surface area contributed by atoms with Crippen molar-refractivity contribution in [2.24, 2.45) is 5.92 Å². The molecule has 0 radical (unpaired) electrons. The van der Waals surface area contributed by atoms with Crippen molar-refractivity contribution in [1.82, 2.24) is 9.78 Å². The van der Waals surface area contributed by atoms with E-state index in [0.717, 1.165) is 11.8 Å². The molecule has 2 heterocycles. The largest absolute Gasteiger partial charge is 0.381 e. The van der Waals surface area contributed by atoms with E-state index in [9.17, 15) is 9.59 Å². The van der Waals surface area contributed by atoms with E-state index in [1.807, 2.05) is 12.1 Å². The molecule has 2 aromatic rings. The van der Waals surface area contributed by atoms with Crippen molar-refractivity contribution in [3.8, 4) is 0 Å². The van der Waals surface area contributed by atoms with E-state index >= 15 is 0 Å². The molecule has 1 aliphatic rings. The van der Waals surface area contributed by atoms with Crippen molar-refractivity contribution < 1.29 is 9.53 Å². The number of carbonyl (C=O) groups excluding carboxylic acids is 1. The third kappa shape index (κ3) is 2.29. The molecule has 0 saturated carbocycles. The summed E-state index contributed by atoms with van der Waals surface area (Å²) in [5.74, 6) is -0.0810. The maximum atomic E-state index is 12.2. The molecule has 0 amide bonds. The lowest BCUT2D eigenvalue weighted by atomic mass is 10.0. The summed E-state index contributed by atoms with van der Waals surface area (Å²) in [5.41, 5.74) is -0.217. The second-order valence-electron chi connectivity index (χ2n) is 4.72. The van der Waals surface area contributed by atoms with Crippen LogP contribution in [0.2, 0.25) is 0 Å². The molecule has 19 heavy (non-hydrogen) atoms. The summed E-state index contributed by atoms with van der Waals surface area (Å²) >= 11 is 0. The third-order valence-corrected chi connectivity index (χ3v) is 3.45. The van der Waals surface area contributed by atoms with Crippen molar-refractivity contribution in [2.45, 2.75) is 13.0 Å². The monoisotopic (exact) mass is 258 g/mol. The summed E-state index contributed by atoms with van der Waals surface area (Å²) in [5, 5.41) is 5.44. The van der Waals surface area contributed by atoms with Gasteiger partial charge in [-0.2, -0.15) is 5.10 Å². The second-order valence-corrected chi connectivity index (χ2v) is 4.72. The molecule has 0 spiro atoms. The van der Waals surface area contributed by atoms with Gasteiger partial charge in [0.1, 0.15) is 6.54 Å². The highest BCUT2D eigenvalue weighted by molar-refractivity contribution is 5.82. The van der Waals surface area contributed by atoms with E-state index in [1.54, 1.807) is 18.3 Å². The van der Waals surface area contributed by atoms with Gasteiger partial charge in [-0.1, -0.05) is 18.2 Å². The Bertz CT molecular complexity index is 672. The van der Waals surface area contributed by atoms with E-state index < -0.39 is 0 Å². The smallest absolute Gasteiger partial charge is 0.275 e. The van der Waals surface area contributed by atoms with Gasteiger partial charge in [-0.05, 0) is 12.5 Å². The lowest BCUT2D eigenvalue weighted by Gasteiger charge is -2.08. The first-order valence-corrected chi connectivity index (χ1v) is 6.31. The minimum Gasteiger partial charge on any atom is -0.381 e. The van der Waals surface area contributed by atoms with Gasteiger partial charge in [0.25, 0.3) is 5.56 Å². The van der Waals surface area contributed by atoms with Crippen LogP contribution in [0.5, 0.6) is 0 Å².